The van der Waals surface area contributed by atoms with E-state index in [1.165, 1.54) is 24.3 Å². The highest BCUT2D eigenvalue weighted by Crippen LogP contribution is 2.14. The van der Waals surface area contributed by atoms with Crippen LogP contribution < -0.4 is 10.1 Å². The van der Waals surface area contributed by atoms with Crippen molar-refractivity contribution in [2.24, 2.45) is 0 Å². The third-order valence-electron chi connectivity index (χ3n) is 2.63. The summed E-state index contributed by atoms with van der Waals surface area (Å²) in [4.78, 5) is 24.8. The molecule has 0 saturated carbocycles. The third-order valence-corrected chi connectivity index (χ3v) is 2.63. The van der Waals surface area contributed by atoms with Gasteiger partial charge in [0.25, 0.3) is 0 Å². The van der Waals surface area contributed by atoms with Crippen LogP contribution in [0, 0.1) is 10.1 Å². The fourth-order valence-electron chi connectivity index (χ4n) is 1.64. The molecule has 2 aromatic rings. The summed E-state index contributed by atoms with van der Waals surface area (Å²) < 4.78 is 29.2. The van der Waals surface area contributed by atoms with E-state index in [-0.39, 0.29) is 18.8 Å². The largest absolute Gasteiger partial charge is 0.490 e. The summed E-state index contributed by atoms with van der Waals surface area (Å²) in [6.07, 6.45) is 1.08. The fraction of sp³-hybridized carbons (Fsp3) is 0.250. The summed E-state index contributed by atoms with van der Waals surface area (Å²) in [5.41, 5.74) is 0.671. The molecule has 0 atom stereocenters. The van der Waals surface area contributed by atoms with Crippen molar-refractivity contribution in [3.05, 3.63) is 46.3 Å². The van der Waals surface area contributed by atoms with E-state index in [1.54, 1.807) is 0 Å². The van der Waals surface area contributed by atoms with Gasteiger partial charge in [0.2, 0.25) is 12.2 Å². The summed E-state index contributed by atoms with van der Waals surface area (Å²) in [5.74, 6) is -1.00. The topological polar surface area (TPSA) is 112 Å². The molecule has 122 valence electrons. The van der Waals surface area contributed by atoms with Gasteiger partial charge in [-0.25, -0.2) is 0 Å². The zero-order chi connectivity index (χ0) is 16.8. The van der Waals surface area contributed by atoms with E-state index >= 15 is 0 Å². The minimum atomic E-state index is -2.90. The highest BCUT2D eigenvalue weighted by molar-refractivity contribution is 5.75. The van der Waals surface area contributed by atoms with Crippen molar-refractivity contribution in [3.8, 4) is 5.75 Å². The van der Waals surface area contributed by atoms with Crippen molar-refractivity contribution in [3.63, 3.8) is 0 Å². The molecule has 0 radical (unpaired) electrons. The monoisotopic (exact) mass is 327 g/mol. The Labute approximate surface area is 128 Å². The number of nitrogens with zero attached hydrogens (tertiary/aromatic N) is 4. The highest BCUT2D eigenvalue weighted by Gasteiger charge is 2.15. The molecular formula is C12H11F2N5O4. The summed E-state index contributed by atoms with van der Waals surface area (Å²) >= 11 is 0. The van der Waals surface area contributed by atoms with Crippen LogP contribution in [0.3, 0.4) is 0 Å². The molecule has 0 bridgehead atoms. The maximum atomic E-state index is 12.0. The lowest BCUT2D eigenvalue weighted by molar-refractivity contribution is -0.394. The van der Waals surface area contributed by atoms with Crippen molar-refractivity contribution in [1.29, 1.82) is 0 Å². The van der Waals surface area contributed by atoms with Gasteiger partial charge in [-0.15, -0.1) is 0 Å². The minimum absolute atomic E-state index is 0.0185. The van der Waals surface area contributed by atoms with Gasteiger partial charge in [-0.2, -0.15) is 13.5 Å². The Balaban J connectivity index is 1.82. The predicted molar refractivity (Wildman–Crippen MR) is 71.6 cm³/mol. The molecule has 0 saturated heterocycles. The number of rotatable bonds is 7. The number of benzene rings is 1. The number of carbonyl (C=O) groups excluding carboxylic acids is 1. The first-order chi connectivity index (χ1) is 10.9. The Kier molecular flexibility index (Phi) is 5.12. The van der Waals surface area contributed by atoms with Gasteiger partial charge < -0.3 is 20.2 Å². The molecule has 0 aliphatic heterocycles. The lowest BCUT2D eigenvalue weighted by atomic mass is 10.2. The van der Waals surface area contributed by atoms with Crippen molar-refractivity contribution in [1.82, 2.24) is 20.1 Å². The minimum Gasteiger partial charge on any atom is -0.435 e. The first-order valence-electron chi connectivity index (χ1n) is 6.28. The lowest BCUT2D eigenvalue weighted by Crippen LogP contribution is -2.27. The Bertz CT molecular complexity index is 689. The van der Waals surface area contributed by atoms with Gasteiger partial charge in [-0.05, 0) is 22.6 Å². The average molecular weight is 327 g/mol. The van der Waals surface area contributed by atoms with Crippen molar-refractivity contribution in [2.45, 2.75) is 19.7 Å². The predicted octanol–water partition coefficient (Wildman–Crippen LogP) is 1.10. The van der Waals surface area contributed by atoms with E-state index in [4.69, 9.17) is 0 Å². The second-order valence-corrected chi connectivity index (χ2v) is 4.30. The lowest BCUT2D eigenvalue weighted by Gasteiger charge is -2.07. The highest BCUT2D eigenvalue weighted by atomic mass is 19.3. The Morgan fingerprint density at radius 1 is 1.39 bits per heavy atom. The molecule has 23 heavy (non-hydrogen) atoms. The smallest absolute Gasteiger partial charge is 0.435 e. The van der Waals surface area contributed by atoms with Gasteiger partial charge >= 0.3 is 12.6 Å². The zero-order valence-corrected chi connectivity index (χ0v) is 11.6. The number of amides is 1. The maximum absolute atomic E-state index is 12.0. The Morgan fingerprint density at radius 3 is 2.65 bits per heavy atom. The molecule has 0 aliphatic rings. The average Bonchev–Trinajstić information content (AvgIpc) is 2.95. The van der Waals surface area contributed by atoms with Crippen molar-refractivity contribution >= 4 is 11.9 Å². The molecule has 0 aliphatic carbocycles. The number of aromatic nitrogens is 3. The number of halogens is 2. The van der Waals surface area contributed by atoms with Crippen LogP contribution in [0.5, 0.6) is 5.75 Å². The molecule has 1 aromatic carbocycles. The normalized spacial score (nSPS) is 10.6. The number of hydrogen-bond donors (Lipinski definition) is 1. The molecule has 9 nitrogen and oxygen atoms in total. The van der Waals surface area contributed by atoms with E-state index in [2.05, 4.69) is 20.1 Å². The summed E-state index contributed by atoms with van der Waals surface area (Å²) in [5, 5.41) is 16.5. The number of carbonyl (C=O) groups is 1. The maximum Gasteiger partial charge on any atom is 0.490 e. The van der Waals surface area contributed by atoms with Crippen LogP contribution in [-0.2, 0) is 17.9 Å². The SMILES string of the molecule is O=C(Cn1cnc([N+](=O)[O-])n1)NCc1ccc(OC(F)F)cc1. The quantitative estimate of drug-likeness (QED) is 0.602. The Morgan fingerprint density at radius 2 is 2.09 bits per heavy atom. The van der Waals surface area contributed by atoms with Gasteiger partial charge in [-0.1, -0.05) is 17.1 Å². The number of ether oxygens (including phenoxy) is 1. The number of hydrogen-bond acceptors (Lipinski definition) is 6. The molecule has 1 aromatic heterocycles. The van der Waals surface area contributed by atoms with Crippen molar-refractivity contribution in [2.75, 3.05) is 0 Å². The standard InChI is InChI=1S/C12H11F2N5O4/c13-11(14)23-9-3-1-8(2-4-9)5-15-10(20)6-18-7-16-12(17-18)19(21)22/h1-4,7,11H,5-6H2,(H,15,20). The van der Waals surface area contributed by atoms with Crippen LogP contribution in [-0.4, -0.2) is 32.2 Å². The van der Waals surface area contributed by atoms with Crippen LogP contribution in [0.4, 0.5) is 14.7 Å². The van der Waals surface area contributed by atoms with E-state index in [9.17, 15) is 23.7 Å². The molecule has 11 heteroatoms. The van der Waals surface area contributed by atoms with Gasteiger partial charge in [-0.3, -0.25) is 4.79 Å². The van der Waals surface area contributed by atoms with E-state index in [1.807, 2.05) is 0 Å². The van der Waals surface area contributed by atoms with E-state index in [0.29, 0.717) is 5.56 Å². The first-order valence-corrected chi connectivity index (χ1v) is 6.28. The van der Waals surface area contributed by atoms with Gasteiger partial charge in [0.15, 0.2) is 0 Å². The number of alkyl halides is 2. The summed E-state index contributed by atoms with van der Waals surface area (Å²) in [6, 6.07) is 5.76. The second kappa shape index (κ2) is 7.24. The molecule has 0 unspecified atom stereocenters. The van der Waals surface area contributed by atoms with Crippen LogP contribution in [0.15, 0.2) is 30.6 Å². The zero-order valence-electron chi connectivity index (χ0n) is 11.6. The van der Waals surface area contributed by atoms with Gasteiger partial charge in [0.1, 0.15) is 12.3 Å². The number of nitro groups is 1. The van der Waals surface area contributed by atoms with E-state index < -0.39 is 23.4 Å². The van der Waals surface area contributed by atoms with Crippen LogP contribution in [0.1, 0.15) is 5.56 Å². The molecule has 1 amide bonds. The second-order valence-electron chi connectivity index (χ2n) is 4.30. The van der Waals surface area contributed by atoms with E-state index in [0.717, 1.165) is 11.0 Å². The number of nitrogens with one attached hydrogen (secondary N) is 1. The first kappa shape index (κ1) is 16.3. The van der Waals surface area contributed by atoms with Gasteiger partial charge in [0, 0.05) is 11.6 Å². The summed E-state index contributed by atoms with van der Waals surface area (Å²) in [7, 11) is 0. The van der Waals surface area contributed by atoms with Crippen LogP contribution in [0.2, 0.25) is 0 Å². The molecular weight excluding hydrogens is 316 g/mol. The van der Waals surface area contributed by atoms with Crippen LogP contribution in [0.25, 0.3) is 0 Å². The summed E-state index contributed by atoms with van der Waals surface area (Å²) in [6.45, 7) is -2.97. The van der Waals surface area contributed by atoms with Crippen molar-refractivity contribution < 1.29 is 23.2 Å². The molecule has 0 fully saturated rings. The molecule has 0 spiro atoms. The Hall–Kier alpha value is -3.11. The third kappa shape index (κ3) is 4.98. The molecule has 1 N–H and O–H groups in total. The van der Waals surface area contributed by atoms with Gasteiger partial charge in [0.05, 0.1) is 0 Å². The fourth-order valence-corrected chi connectivity index (χ4v) is 1.64. The van der Waals surface area contributed by atoms with Crippen LogP contribution >= 0.6 is 0 Å². The molecule has 1 heterocycles. The molecule has 2 rings (SSSR count).